The molecule has 2 fully saturated rings. The van der Waals surface area contributed by atoms with Gasteiger partial charge in [0.2, 0.25) is 0 Å². The van der Waals surface area contributed by atoms with E-state index in [4.69, 9.17) is 21.1 Å². The number of benzene rings is 1. The molecule has 1 aromatic carbocycles. The lowest BCUT2D eigenvalue weighted by Crippen LogP contribution is -2.53. The lowest BCUT2D eigenvalue weighted by atomic mass is 10.0. The largest absolute Gasteiger partial charge is 0.491 e. The highest BCUT2D eigenvalue weighted by Crippen LogP contribution is 2.22. The number of piperazine rings is 1. The number of amides is 2. The third kappa shape index (κ3) is 5.76. The fraction of sp³-hybridized carbons (Fsp3) is 0.632. The molecule has 7 heteroatoms. The summed E-state index contributed by atoms with van der Waals surface area (Å²) in [5, 5.41) is 3.69. The Balaban J connectivity index is 1.31. The maximum Gasteiger partial charge on any atom is 0.317 e. The minimum absolute atomic E-state index is 0.0440. The van der Waals surface area contributed by atoms with E-state index in [1.165, 1.54) is 0 Å². The molecule has 0 saturated carbocycles. The SMILES string of the molecule is O=C(NC[C@H]1CCCOC1)N1CCN(CCOc2ccccc2Cl)CC1. The van der Waals surface area contributed by atoms with Gasteiger partial charge in [0.05, 0.1) is 11.6 Å². The van der Waals surface area contributed by atoms with Crippen molar-refractivity contribution in [3.8, 4) is 5.75 Å². The number of para-hydroxylation sites is 1. The minimum Gasteiger partial charge on any atom is -0.491 e. The molecule has 6 nitrogen and oxygen atoms in total. The molecule has 2 amide bonds. The van der Waals surface area contributed by atoms with Crippen molar-refractivity contribution < 1.29 is 14.3 Å². The summed E-state index contributed by atoms with van der Waals surface area (Å²) < 4.78 is 11.2. The van der Waals surface area contributed by atoms with E-state index in [-0.39, 0.29) is 6.03 Å². The smallest absolute Gasteiger partial charge is 0.317 e. The first-order chi connectivity index (χ1) is 12.7. The van der Waals surface area contributed by atoms with Crippen LogP contribution in [-0.2, 0) is 4.74 Å². The highest BCUT2D eigenvalue weighted by atomic mass is 35.5. The number of urea groups is 1. The first kappa shape index (κ1) is 19.3. The number of nitrogens with zero attached hydrogens (tertiary/aromatic N) is 2. The van der Waals surface area contributed by atoms with E-state index in [1.54, 1.807) is 0 Å². The predicted molar refractivity (Wildman–Crippen MR) is 102 cm³/mol. The monoisotopic (exact) mass is 381 g/mol. The van der Waals surface area contributed by atoms with Gasteiger partial charge in [-0.25, -0.2) is 4.79 Å². The van der Waals surface area contributed by atoms with E-state index in [9.17, 15) is 4.79 Å². The van der Waals surface area contributed by atoms with Crippen LogP contribution in [0.2, 0.25) is 5.02 Å². The molecule has 0 aromatic heterocycles. The molecule has 26 heavy (non-hydrogen) atoms. The zero-order valence-electron chi connectivity index (χ0n) is 15.2. The fourth-order valence-electron chi connectivity index (χ4n) is 3.33. The number of halogens is 1. The summed E-state index contributed by atoms with van der Waals surface area (Å²) in [6.07, 6.45) is 2.23. The van der Waals surface area contributed by atoms with E-state index < -0.39 is 0 Å². The molecule has 1 atom stereocenters. The molecule has 144 valence electrons. The molecular weight excluding hydrogens is 354 g/mol. The van der Waals surface area contributed by atoms with Gasteiger partial charge in [-0.05, 0) is 30.9 Å². The summed E-state index contributed by atoms with van der Waals surface area (Å²) >= 11 is 6.09. The van der Waals surface area contributed by atoms with Crippen molar-refractivity contribution in [1.29, 1.82) is 0 Å². The molecule has 3 rings (SSSR count). The fourth-order valence-corrected chi connectivity index (χ4v) is 3.52. The Hall–Kier alpha value is -1.50. The number of hydrogen-bond acceptors (Lipinski definition) is 4. The molecule has 0 bridgehead atoms. The lowest BCUT2D eigenvalue weighted by Gasteiger charge is -2.35. The molecule has 1 N–H and O–H groups in total. The summed E-state index contributed by atoms with van der Waals surface area (Å²) in [6.45, 7) is 6.99. The maximum atomic E-state index is 12.3. The number of carbonyl (C=O) groups excluding carboxylic acids is 1. The van der Waals surface area contributed by atoms with Crippen molar-refractivity contribution >= 4 is 17.6 Å². The molecule has 0 unspecified atom stereocenters. The first-order valence-corrected chi connectivity index (χ1v) is 9.80. The van der Waals surface area contributed by atoms with Crippen molar-refractivity contribution in [2.75, 3.05) is 59.1 Å². The van der Waals surface area contributed by atoms with Gasteiger partial charge in [0, 0.05) is 45.9 Å². The second-order valence-electron chi connectivity index (χ2n) is 6.88. The molecule has 2 aliphatic heterocycles. The van der Waals surface area contributed by atoms with Crippen LogP contribution in [0, 0.1) is 5.92 Å². The minimum atomic E-state index is 0.0440. The zero-order valence-corrected chi connectivity index (χ0v) is 15.9. The molecule has 1 aromatic rings. The van der Waals surface area contributed by atoms with Gasteiger partial charge in [-0.1, -0.05) is 23.7 Å². The Morgan fingerprint density at radius 2 is 2.08 bits per heavy atom. The zero-order chi connectivity index (χ0) is 18.2. The van der Waals surface area contributed by atoms with Crippen molar-refractivity contribution in [2.45, 2.75) is 12.8 Å². The van der Waals surface area contributed by atoms with E-state index in [0.29, 0.717) is 24.1 Å². The van der Waals surface area contributed by atoms with Crippen LogP contribution in [-0.4, -0.2) is 74.9 Å². The molecule has 2 heterocycles. The summed E-state index contributed by atoms with van der Waals surface area (Å²) in [6, 6.07) is 7.55. The predicted octanol–water partition coefficient (Wildman–Crippen LogP) is 2.47. The van der Waals surface area contributed by atoms with Gasteiger partial charge in [0.15, 0.2) is 0 Å². The summed E-state index contributed by atoms with van der Waals surface area (Å²) in [4.78, 5) is 16.5. The number of hydrogen-bond donors (Lipinski definition) is 1. The van der Waals surface area contributed by atoms with Gasteiger partial charge in [-0.15, -0.1) is 0 Å². The summed E-state index contributed by atoms with van der Waals surface area (Å²) in [5.74, 6) is 1.18. The van der Waals surface area contributed by atoms with Gasteiger partial charge in [0.1, 0.15) is 12.4 Å². The van der Waals surface area contributed by atoms with Crippen LogP contribution in [0.4, 0.5) is 4.79 Å². The Labute approximate surface area is 160 Å². The Bertz CT molecular complexity index is 573. The van der Waals surface area contributed by atoms with Gasteiger partial charge in [0.25, 0.3) is 0 Å². The van der Waals surface area contributed by atoms with E-state index in [1.807, 2.05) is 29.2 Å². The maximum absolute atomic E-state index is 12.3. The number of carbonyl (C=O) groups is 1. The van der Waals surface area contributed by atoms with Crippen LogP contribution in [0.15, 0.2) is 24.3 Å². The van der Waals surface area contributed by atoms with Crippen LogP contribution < -0.4 is 10.1 Å². The second kappa shape index (κ2) is 10.00. The lowest BCUT2D eigenvalue weighted by molar-refractivity contribution is 0.0546. The van der Waals surface area contributed by atoms with E-state index in [2.05, 4.69) is 10.2 Å². The van der Waals surface area contributed by atoms with Crippen molar-refractivity contribution in [3.63, 3.8) is 0 Å². The standard InChI is InChI=1S/C19H28ClN3O3/c20-17-5-1-2-6-18(17)26-13-11-22-7-9-23(10-8-22)19(24)21-14-16-4-3-12-25-15-16/h1-2,5-6,16H,3-4,7-15H2,(H,21,24)/t16-/m1/s1. The highest BCUT2D eigenvalue weighted by molar-refractivity contribution is 6.32. The molecule has 0 spiro atoms. The van der Waals surface area contributed by atoms with Crippen molar-refractivity contribution in [2.24, 2.45) is 5.92 Å². The molecular formula is C19H28ClN3O3. The highest BCUT2D eigenvalue weighted by Gasteiger charge is 2.22. The van der Waals surface area contributed by atoms with E-state index in [0.717, 1.165) is 64.5 Å². The second-order valence-corrected chi connectivity index (χ2v) is 7.28. The summed E-state index contributed by atoms with van der Waals surface area (Å²) in [5.41, 5.74) is 0. The van der Waals surface area contributed by atoms with Crippen LogP contribution in [0.25, 0.3) is 0 Å². The van der Waals surface area contributed by atoms with Gasteiger partial charge in [-0.3, -0.25) is 4.90 Å². The first-order valence-electron chi connectivity index (χ1n) is 9.42. The van der Waals surface area contributed by atoms with Crippen molar-refractivity contribution in [3.05, 3.63) is 29.3 Å². The van der Waals surface area contributed by atoms with Gasteiger partial charge >= 0.3 is 6.03 Å². The average Bonchev–Trinajstić information content (AvgIpc) is 2.69. The third-order valence-corrected chi connectivity index (χ3v) is 5.27. The normalized spacial score (nSPS) is 21.4. The quantitative estimate of drug-likeness (QED) is 0.822. The Morgan fingerprint density at radius 3 is 2.81 bits per heavy atom. The average molecular weight is 382 g/mol. The van der Waals surface area contributed by atoms with Gasteiger partial charge < -0.3 is 19.7 Å². The van der Waals surface area contributed by atoms with Crippen LogP contribution in [0.3, 0.4) is 0 Å². The van der Waals surface area contributed by atoms with Gasteiger partial charge in [-0.2, -0.15) is 0 Å². The Morgan fingerprint density at radius 1 is 1.27 bits per heavy atom. The molecule has 0 radical (unpaired) electrons. The topological polar surface area (TPSA) is 54.0 Å². The van der Waals surface area contributed by atoms with Crippen LogP contribution >= 0.6 is 11.6 Å². The molecule has 2 aliphatic rings. The number of ether oxygens (including phenoxy) is 2. The van der Waals surface area contributed by atoms with Crippen molar-refractivity contribution in [1.82, 2.24) is 15.1 Å². The number of nitrogens with one attached hydrogen (secondary N) is 1. The van der Waals surface area contributed by atoms with Crippen LogP contribution in [0.5, 0.6) is 5.75 Å². The Kier molecular flexibility index (Phi) is 7.41. The third-order valence-electron chi connectivity index (χ3n) is 4.96. The molecule has 2 saturated heterocycles. The molecule has 0 aliphatic carbocycles. The van der Waals surface area contributed by atoms with Crippen LogP contribution in [0.1, 0.15) is 12.8 Å². The number of rotatable bonds is 6. The van der Waals surface area contributed by atoms with E-state index >= 15 is 0 Å². The summed E-state index contributed by atoms with van der Waals surface area (Å²) in [7, 11) is 0.